The fourth-order valence-electron chi connectivity index (χ4n) is 2.70. The van der Waals surface area contributed by atoms with Crippen molar-refractivity contribution in [3.8, 4) is 0 Å². The number of imidazole rings is 1. The molecular formula is C16H27N5O2. The van der Waals surface area contributed by atoms with Gasteiger partial charge in [0.1, 0.15) is 0 Å². The number of hydrogen-bond donors (Lipinski definition) is 1. The zero-order valence-corrected chi connectivity index (χ0v) is 14.1. The van der Waals surface area contributed by atoms with Crippen molar-refractivity contribution in [1.82, 2.24) is 19.8 Å². The van der Waals surface area contributed by atoms with Crippen LogP contribution in [0.15, 0.2) is 23.7 Å². The Morgan fingerprint density at radius 2 is 2.17 bits per heavy atom. The minimum absolute atomic E-state index is 0.0278. The Balaban J connectivity index is 1.85. The van der Waals surface area contributed by atoms with Crippen LogP contribution in [0.4, 0.5) is 0 Å². The molecule has 0 atom stereocenters. The Labute approximate surface area is 137 Å². The first-order chi connectivity index (χ1) is 11.2. The van der Waals surface area contributed by atoms with Gasteiger partial charge in [-0.2, -0.15) is 0 Å². The van der Waals surface area contributed by atoms with E-state index in [2.05, 4.69) is 27.1 Å². The van der Waals surface area contributed by atoms with Crippen molar-refractivity contribution in [1.29, 1.82) is 0 Å². The van der Waals surface area contributed by atoms with Gasteiger partial charge in [0.25, 0.3) is 0 Å². The molecule has 1 N–H and O–H groups in total. The highest BCUT2D eigenvalue weighted by Crippen LogP contribution is 2.18. The van der Waals surface area contributed by atoms with E-state index in [-0.39, 0.29) is 11.9 Å². The number of esters is 1. The van der Waals surface area contributed by atoms with Crippen molar-refractivity contribution in [3.63, 3.8) is 0 Å². The summed E-state index contributed by atoms with van der Waals surface area (Å²) in [4.78, 5) is 22.8. The number of ether oxygens (including phenoxy) is 1. The first-order valence-corrected chi connectivity index (χ1v) is 8.40. The molecule has 1 aromatic heterocycles. The maximum Gasteiger partial charge on any atom is 0.309 e. The Kier molecular flexibility index (Phi) is 6.90. The molecule has 2 rings (SSSR count). The van der Waals surface area contributed by atoms with E-state index < -0.39 is 0 Å². The van der Waals surface area contributed by atoms with Gasteiger partial charge in [-0.1, -0.05) is 0 Å². The topological polar surface area (TPSA) is 71.8 Å². The number of hydrogen-bond acceptors (Lipinski definition) is 4. The molecule has 7 nitrogen and oxygen atoms in total. The highest BCUT2D eigenvalue weighted by atomic mass is 16.5. The second-order valence-corrected chi connectivity index (χ2v) is 5.55. The number of guanidine groups is 1. The average Bonchev–Trinajstić information content (AvgIpc) is 3.08. The number of aliphatic imine (C=N–C) groups is 1. The molecule has 0 bridgehead atoms. The van der Waals surface area contributed by atoms with Crippen molar-refractivity contribution in [2.24, 2.45) is 10.9 Å². The van der Waals surface area contributed by atoms with E-state index in [1.165, 1.54) is 0 Å². The molecule has 0 amide bonds. The molecule has 1 saturated heterocycles. The molecule has 7 heteroatoms. The number of piperidine rings is 1. The van der Waals surface area contributed by atoms with E-state index >= 15 is 0 Å². The number of likely N-dealkylation sites (tertiary alicyclic amines) is 1. The van der Waals surface area contributed by atoms with E-state index in [0.717, 1.165) is 45.0 Å². The molecule has 1 fully saturated rings. The standard InChI is InChI=1S/C16H27N5O2/c1-3-18-16(19-8-12-20-11-7-17-13-20)21-9-5-14(6-10-21)15(22)23-4-2/h7,11,13-14H,3-6,8-10,12H2,1-2H3,(H,18,19). The lowest BCUT2D eigenvalue weighted by molar-refractivity contribution is -0.149. The lowest BCUT2D eigenvalue weighted by atomic mass is 9.97. The maximum atomic E-state index is 11.8. The molecule has 0 radical (unpaired) electrons. The van der Waals surface area contributed by atoms with Crippen molar-refractivity contribution >= 4 is 11.9 Å². The lowest BCUT2D eigenvalue weighted by Gasteiger charge is -2.33. The lowest BCUT2D eigenvalue weighted by Crippen LogP contribution is -2.46. The second-order valence-electron chi connectivity index (χ2n) is 5.55. The monoisotopic (exact) mass is 321 g/mol. The van der Waals surface area contributed by atoms with Crippen LogP contribution in [0.2, 0.25) is 0 Å². The molecule has 0 aromatic carbocycles. The number of carbonyl (C=O) groups excluding carboxylic acids is 1. The molecule has 0 unspecified atom stereocenters. The zero-order chi connectivity index (χ0) is 16.5. The van der Waals surface area contributed by atoms with Crippen molar-refractivity contribution in [2.45, 2.75) is 33.2 Å². The molecule has 1 aliphatic heterocycles. The Morgan fingerprint density at radius 1 is 1.39 bits per heavy atom. The van der Waals surface area contributed by atoms with Crippen molar-refractivity contribution in [2.75, 3.05) is 32.8 Å². The third-order valence-corrected chi connectivity index (χ3v) is 3.93. The molecule has 0 spiro atoms. The van der Waals surface area contributed by atoms with Crippen molar-refractivity contribution in [3.05, 3.63) is 18.7 Å². The summed E-state index contributed by atoms with van der Waals surface area (Å²) in [5.74, 6) is 0.893. The fourth-order valence-corrected chi connectivity index (χ4v) is 2.70. The number of rotatable bonds is 6. The van der Waals surface area contributed by atoms with Gasteiger partial charge in [0.2, 0.25) is 0 Å². The van der Waals surface area contributed by atoms with E-state index in [9.17, 15) is 4.79 Å². The summed E-state index contributed by atoms with van der Waals surface area (Å²) >= 11 is 0. The number of carbonyl (C=O) groups is 1. The van der Waals surface area contributed by atoms with Gasteiger partial charge in [-0.25, -0.2) is 4.98 Å². The third kappa shape index (κ3) is 5.26. The minimum Gasteiger partial charge on any atom is -0.466 e. The van der Waals surface area contributed by atoms with Crippen LogP contribution >= 0.6 is 0 Å². The molecule has 0 aliphatic carbocycles. The summed E-state index contributed by atoms with van der Waals surface area (Å²) < 4.78 is 7.13. The van der Waals surface area contributed by atoms with Gasteiger partial charge in [-0.3, -0.25) is 9.79 Å². The summed E-state index contributed by atoms with van der Waals surface area (Å²) in [6.07, 6.45) is 7.16. The summed E-state index contributed by atoms with van der Waals surface area (Å²) in [5, 5.41) is 3.34. The smallest absolute Gasteiger partial charge is 0.309 e. The summed E-state index contributed by atoms with van der Waals surface area (Å²) in [6, 6.07) is 0. The molecule has 23 heavy (non-hydrogen) atoms. The van der Waals surface area contributed by atoms with E-state index in [1.807, 2.05) is 17.7 Å². The molecule has 0 saturated carbocycles. The second kappa shape index (κ2) is 9.17. The molecule has 128 valence electrons. The zero-order valence-electron chi connectivity index (χ0n) is 14.1. The van der Waals surface area contributed by atoms with Crippen molar-refractivity contribution < 1.29 is 9.53 Å². The number of aromatic nitrogens is 2. The SMILES string of the molecule is CCNC(=NCCn1ccnc1)N1CCC(C(=O)OCC)CC1. The van der Waals surface area contributed by atoms with Crippen LogP contribution in [0.3, 0.4) is 0 Å². The average molecular weight is 321 g/mol. The Morgan fingerprint density at radius 3 is 2.78 bits per heavy atom. The predicted octanol–water partition coefficient (Wildman–Crippen LogP) is 1.12. The Hall–Kier alpha value is -2.05. The fraction of sp³-hybridized carbons (Fsp3) is 0.688. The first-order valence-electron chi connectivity index (χ1n) is 8.40. The molecular weight excluding hydrogens is 294 g/mol. The summed E-state index contributed by atoms with van der Waals surface area (Å²) in [6.45, 7) is 8.39. The molecule has 2 heterocycles. The van der Waals surface area contributed by atoms with E-state index in [0.29, 0.717) is 13.2 Å². The van der Waals surface area contributed by atoms with Crippen LogP contribution in [0.1, 0.15) is 26.7 Å². The normalized spacial score (nSPS) is 16.4. The minimum atomic E-state index is -0.0609. The van der Waals surface area contributed by atoms with E-state index in [1.54, 1.807) is 12.5 Å². The van der Waals surface area contributed by atoms with Crippen LogP contribution in [-0.2, 0) is 16.1 Å². The van der Waals surface area contributed by atoms with E-state index in [4.69, 9.17) is 4.74 Å². The molecule has 1 aromatic rings. The molecule has 1 aliphatic rings. The first kappa shape index (κ1) is 17.3. The van der Waals surface area contributed by atoms with Gasteiger partial charge < -0.3 is 19.5 Å². The van der Waals surface area contributed by atoms with Gasteiger partial charge in [-0.05, 0) is 26.7 Å². The summed E-state index contributed by atoms with van der Waals surface area (Å²) in [5.41, 5.74) is 0. The van der Waals surface area contributed by atoms with Crippen LogP contribution in [-0.4, -0.2) is 59.2 Å². The van der Waals surface area contributed by atoms with Gasteiger partial charge in [0, 0.05) is 38.6 Å². The Bertz CT molecular complexity index is 493. The largest absolute Gasteiger partial charge is 0.466 e. The van der Waals surface area contributed by atoms with Gasteiger partial charge >= 0.3 is 5.97 Å². The summed E-state index contributed by atoms with van der Waals surface area (Å²) in [7, 11) is 0. The van der Waals surface area contributed by atoms with Crippen LogP contribution < -0.4 is 5.32 Å². The predicted molar refractivity (Wildman–Crippen MR) is 89.1 cm³/mol. The number of nitrogens with one attached hydrogen (secondary N) is 1. The van der Waals surface area contributed by atoms with Gasteiger partial charge in [0.15, 0.2) is 5.96 Å². The quantitative estimate of drug-likeness (QED) is 0.483. The van der Waals surface area contributed by atoms with Crippen LogP contribution in [0, 0.1) is 5.92 Å². The van der Waals surface area contributed by atoms with Crippen LogP contribution in [0.25, 0.3) is 0 Å². The highest BCUT2D eigenvalue weighted by Gasteiger charge is 2.27. The van der Waals surface area contributed by atoms with Crippen LogP contribution in [0.5, 0.6) is 0 Å². The maximum absolute atomic E-state index is 11.8. The number of nitrogens with zero attached hydrogens (tertiary/aromatic N) is 4. The highest BCUT2D eigenvalue weighted by molar-refractivity contribution is 5.80. The van der Waals surface area contributed by atoms with Gasteiger partial charge in [-0.15, -0.1) is 0 Å². The van der Waals surface area contributed by atoms with Gasteiger partial charge in [0.05, 0.1) is 25.4 Å². The third-order valence-electron chi connectivity index (χ3n) is 3.93.